The van der Waals surface area contributed by atoms with Gasteiger partial charge in [0, 0.05) is 54.7 Å². The van der Waals surface area contributed by atoms with E-state index in [1.807, 2.05) is 12.1 Å². The first-order valence-corrected chi connectivity index (χ1v) is 9.05. The molecule has 0 spiro atoms. The van der Waals surface area contributed by atoms with E-state index in [1.54, 1.807) is 11.3 Å². The van der Waals surface area contributed by atoms with Crippen molar-refractivity contribution in [2.75, 3.05) is 31.1 Å². The second-order valence-corrected chi connectivity index (χ2v) is 7.40. The third-order valence-corrected chi connectivity index (χ3v) is 5.46. The predicted molar refractivity (Wildman–Crippen MR) is 95.1 cm³/mol. The van der Waals surface area contributed by atoms with Crippen molar-refractivity contribution < 1.29 is 0 Å². The molecule has 0 unspecified atom stereocenters. The first-order valence-electron chi connectivity index (χ1n) is 7.79. The number of halogens is 1. The zero-order valence-corrected chi connectivity index (χ0v) is 14.7. The molecule has 0 radical (unpaired) electrons. The van der Waals surface area contributed by atoms with Gasteiger partial charge in [0.2, 0.25) is 0 Å². The second kappa shape index (κ2) is 6.99. The van der Waals surface area contributed by atoms with Crippen molar-refractivity contribution in [1.82, 2.24) is 9.88 Å². The van der Waals surface area contributed by atoms with Crippen LogP contribution >= 0.6 is 22.9 Å². The fourth-order valence-electron chi connectivity index (χ4n) is 2.71. The highest BCUT2D eigenvalue weighted by molar-refractivity contribution is 7.09. The second-order valence-electron chi connectivity index (χ2n) is 6.07. The molecule has 0 bridgehead atoms. The van der Waals surface area contributed by atoms with Crippen LogP contribution in [0.2, 0.25) is 5.02 Å². The number of benzene rings is 1. The molecule has 3 rings (SSSR count). The Kier molecular flexibility index (Phi) is 5.01. The van der Waals surface area contributed by atoms with E-state index in [0.717, 1.165) is 37.7 Å². The summed E-state index contributed by atoms with van der Waals surface area (Å²) < 4.78 is 0. The van der Waals surface area contributed by atoms with Gasteiger partial charge in [0.1, 0.15) is 0 Å². The van der Waals surface area contributed by atoms with Crippen molar-refractivity contribution >= 4 is 28.6 Å². The number of piperazine rings is 1. The lowest BCUT2D eigenvalue weighted by molar-refractivity contribution is 0.247. The molecule has 0 amide bonds. The van der Waals surface area contributed by atoms with Crippen LogP contribution in [0.4, 0.5) is 5.69 Å². The van der Waals surface area contributed by atoms with E-state index in [0.29, 0.717) is 5.92 Å². The molecule has 1 saturated heterocycles. The average molecular weight is 336 g/mol. The molecular weight excluding hydrogens is 314 g/mol. The van der Waals surface area contributed by atoms with Gasteiger partial charge in [-0.3, -0.25) is 4.90 Å². The minimum Gasteiger partial charge on any atom is -0.369 e. The zero-order chi connectivity index (χ0) is 15.5. The third kappa shape index (κ3) is 3.80. The molecule has 118 valence electrons. The Bertz CT molecular complexity index is 601. The van der Waals surface area contributed by atoms with E-state index in [1.165, 1.54) is 16.4 Å². The van der Waals surface area contributed by atoms with Gasteiger partial charge in [0.05, 0.1) is 10.7 Å². The summed E-state index contributed by atoms with van der Waals surface area (Å²) in [6.07, 6.45) is 0. The van der Waals surface area contributed by atoms with Crippen molar-refractivity contribution in [3.05, 3.63) is 45.4 Å². The van der Waals surface area contributed by atoms with Gasteiger partial charge in [-0.15, -0.1) is 11.3 Å². The summed E-state index contributed by atoms with van der Waals surface area (Å²) in [6.45, 7) is 9.65. The molecule has 0 atom stereocenters. The first-order chi connectivity index (χ1) is 10.6. The van der Waals surface area contributed by atoms with Crippen LogP contribution < -0.4 is 4.90 Å². The van der Waals surface area contributed by atoms with Gasteiger partial charge in [-0.2, -0.15) is 0 Å². The Morgan fingerprint density at radius 1 is 1.14 bits per heavy atom. The molecule has 5 heteroatoms. The van der Waals surface area contributed by atoms with Gasteiger partial charge in [0.25, 0.3) is 0 Å². The van der Waals surface area contributed by atoms with Crippen LogP contribution in [-0.4, -0.2) is 36.1 Å². The Balaban J connectivity index is 1.54. The van der Waals surface area contributed by atoms with E-state index >= 15 is 0 Å². The number of thiazole rings is 1. The summed E-state index contributed by atoms with van der Waals surface area (Å²) in [5.41, 5.74) is 2.48. The van der Waals surface area contributed by atoms with Crippen LogP contribution in [0, 0.1) is 0 Å². The highest BCUT2D eigenvalue weighted by Crippen LogP contribution is 2.22. The van der Waals surface area contributed by atoms with E-state index < -0.39 is 0 Å². The monoisotopic (exact) mass is 335 g/mol. The van der Waals surface area contributed by atoms with E-state index in [2.05, 4.69) is 41.2 Å². The fraction of sp³-hybridized carbons (Fsp3) is 0.471. The Morgan fingerprint density at radius 3 is 2.41 bits per heavy atom. The van der Waals surface area contributed by atoms with E-state index in [4.69, 9.17) is 16.6 Å². The van der Waals surface area contributed by atoms with E-state index in [9.17, 15) is 0 Å². The number of nitrogens with zero attached hydrogens (tertiary/aromatic N) is 3. The standard InChI is InChI=1S/C17H22ClN3S/c1-13(2)17-19-15(12-22-17)11-20-7-9-21(10-8-20)16-5-3-14(18)4-6-16/h3-6,12-13H,7-11H2,1-2H3. The summed E-state index contributed by atoms with van der Waals surface area (Å²) in [5, 5.41) is 4.25. The summed E-state index contributed by atoms with van der Waals surface area (Å²) in [6, 6.07) is 8.14. The lowest BCUT2D eigenvalue weighted by Crippen LogP contribution is -2.46. The lowest BCUT2D eigenvalue weighted by Gasteiger charge is -2.35. The van der Waals surface area contributed by atoms with Gasteiger partial charge in [-0.1, -0.05) is 25.4 Å². The van der Waals surface area contributed by atoms with Crippen LogP contribution in [0.3, 0.4) is 0 Å². The first kappa shape index (κ1) is 15.8. The number of hydrogen-bond acceptors (Lipinski definition) is 4. The van der Waals surface area contributed by atoms with Crippen molar-refractivity contribution in [2.24, 2.45) is 0 Å². The zero-order valence-electron chi connectivity index (χ0n) is 13.1. The molecule has 1 aromatic heterocycles. The fourth-order valence-corrected chi connectivity index (χ4v) is 3.66. The number of hydrogen-bond donors (Lipinski definition) is 0. The maximum absolute atomic E-state index is 5.96. The van der Waals surface area contributed by atoms with Gasteiger partial charge in [-0.05, 0) is 24.3 Å². The molecule has 0 aliphatic carbocycles. The SMILES string of the molecule is CC(C)c1nc(CN2CCN(c3ccc(Cl)cc3)CC2)cs1. The summed E-state index contributed by atoms with van der Waals surface area (Å²) in [4.78, 5) is 9.66. The van der Waals surface area contributed by atoms with E-state index in [-0.39, 0.29) is 0 Å². The van der Waals surface area contributed by atoms with Gasteiger partial charge in [0.15, 0.2) is 0 Å². The van der Waals surface area contributed by atoms with Crippen molar-refractivity contribution in [2.45, 2.75) is 26.3 Å². The molecule has 0 saturated carbocycles. The number of rotatable bonds is 4. The van der Waals surface area contributed by atoms with Crippen LogP contribution in [0.5, 0.6) is 0 Å². The largest absolute Gasteiger partial charge is 0.369 e. The Morgan fingerprint density at radius 2 is 1.82 bits per heavy atom. The van der Waals surface area contributed by atoms with Gasteiger partial charge >= 0.3 is 0 Å². The highest BCUT2D eigenvalue weighted by Gasteiger charge is 2.18. The summed E-state index contributed by atoms with van der Waals surface area (Å²) >= 11 is 7.74. The minimum absolute atomic E-state index is 0.528. The minimum atomic E-state index is 0.528. The van der Waals surface area contributed by atoms with Crippen molar-refractivity contribution in [3.63, 3.8) is 0 Å². The molecular formula is C17H22ClN3S. The maximum atomic E-state index is 5.96. The summed E-state index contributed by atoms with van der Waals surface area (Å²) in [7, 11) is 0. The Labute approximate surface area is 141 Å². The molecule has 1 aromatic carbocycles. The number of anilines is 1. The molecule has 2 heterocycles. The maximum Gasteiger partial charge on any atom is 0.0954 e. The molecule has 3 nitrogen and oxygen atoms in total. The number of aromatic nitrogens is 1. The Hall–Kier alpha value is -1.10. The predicted octanol–water partition coefficient (Wildman–Crippen LogP) is 4.24. The molecule has 1 aliphatic heterocycles. The summed E-state index contributed by atoms with van der Waals surface area (Å²) in [5.74, 6) is 0.528. The third-order valence-electron chi connectivity index (χ3n) is 4.01. The van der Waals surface area contributed by atoms with Crippen LogP contribution in [0.25, 0.3) is 0 Å². The highest BCUT2D eigenvalue weighted by atomic mass is 35.5. The van der Waals surface area contributed by atoms with Crippen LogP contribution in [-0.2, 0) is 6.54 Å². The van der Waals surface area contributed by atoms with Crippen LogP contribution in [0.1, 0.15) is 30.5 Å². The normalized spacial score (nSPS) is 16.5. The molecule has 1 fully saturated rings. The molecule has 2 aromatic rings. The van der Waals surface area contributed by atoms with Gasteiger partial charge < -0.3 is 4.90 Å². The molecule has 0 N–H and O–H groups in total. The average Bonchev–Trinajstić information content (AvgIpc) is 2.98. The lowest BCUT2D eigenvalue weighted by atomic mass is 10.2. The van der Waals surface area contributed by atoms with Crippen LogP contribution in [0.15, 0.2) is 29.6 Å². The van der Waals surface area contributed by atoms with Crippen molar-refractivity contribution in [3.8, 4) is 0 Å². The molecule has 22 heavy (non-hydrogen) atoms. The van der Waals surface area contributed by atoms with Gasteiger partial charge in [-0.25, -0.2) is 4.98 Å². The van der Waals surface area contributed by atoms with Crippen molar-refractivity contribution in [1.29, 1.82) is 0 Å². The smallest absolute Gasteiger partial charge is 0.0954 e. The topological polar surface area (TPSA) is 19.4 Å². The quantitative estimate of drug-likeness (QED) is 0.833. The molecule has 1 aliphatic rings.